The van der Waals surface area contributed by atoms with E-state index in [9.17, 15) is 18.0 Å². The Morgan fingerprint density at radius 3 is 2.03 bits per heavy atom. The van der Waals surface area contributed by atoms with Crippen molar-refractivity contribution in [2.24, 2.45) is 0 Å². The summed E-state index contributed by atoms with van der Waals surface area (Å²) in [6.45, 7) is 7.95. The number of alkyl halides is 3. The Morgan fingerprint density at radius 1 is 0.969 bits per heavy atom. The molecule has 32 heavy (non-hydrogen) atoms. The third kappa shape index (κ3) is 5.07. The summed E-state index contributed by atoms with van der Waals surface area (Å²) in [5, 5.41) is 9.30. The average molecular weight is 465 g/mol. The first-order chi connectivity index (χ1) is 15.0. The monoisotopic (exact) mass is 464 g/mol. The predicted octanol–water partition coefficient (Wildman–Crippen LogP) is 7.44. The molecule has 2 aromatic carbocycles. The van der Waals surface area contributed by atoms with Crippen molar-refractivity contribution in [3.63, 3.8) is 0 Å². The first-order valence-electron chi connectivity index (χ1n) is 10.1. The number of carbonyl (C=O) groups is 1. The number of nitrogens with zero attached hydrogens (tertiary/aromatic N) is 2. The Kier molecular flexibility index (Phi) is 6.83. The van der Waals surface area contributed by atoms with Crippen molar-refractivity contribution in [1.29, 1.82) is 0 Å². The Labute approximate surface area is 189 Å². The number of carbonyl (C=O) groups excluding carboxylic acids is 1. The molecule has 2 amide bonds. The lowest BCUT2D eigenvalue weighted by atomic mass is 9.93. The van der Waals surface area contributed by atoms with Gasteiger partial charge in [-0.15, -0.1) is 0 Å². The number of amides is 2. The van der Waals surface area contributed by atoms with Crippen LogP contribution in [0, 0.1) is 0 Å². The van der Waals surface area contributed by atoms with Crippen molar-refractivity contribution in [2.45, 2.75) is 45.7 Å². The Balaban J connectivity index is 1.95. The van der Waals surface area contributed by atoms with E-state index >= 15 is 0 Å². The van der Waals surface area contributed by atoms with Crippen LogP contribution >= 0.6 is 11.6 Å². The summed E-state index contributed by atoms with van der Waals surface area (Å²) in [5.41, 5.74) is 1.05. The zero-order valence-electron chi connectivity index (χ0n) is 18.1. The second kappa shape index (κ2) is 9.24. The molecule has 3 rings (SSSR count). The largest absolute Gasteiger partial charge is 0.435 e. The zero-order valence-corrected chi connectivity index (χ0v) is 18.8. The van der Waals surface area contributed by atoms with Crippen LogP contribution in [0.15, 0.2) is 48.7 Å². The minimum atomic E-state index is -4.75. The number of aromatic nitrogens is 2. The molecule has 0 unspecified atom stereocenters. The highest BCUT2D eigenvalue weighted by atomic mass is 35.5. The maximum Gasteiger partial charge on any atom is 0.435 e. The van der Waals surface area contributed by atoms with E-state index < -0.39 is 23.6 Å². The normalized spacial score (nSPS) is 11.8. The number of urea groups is 1. The summed E-state index contributed by atoms with van der Waals surface area (Å²) in [5.74, 6) is 0.227. The number of para-hydroxylation sites is 1. The topological polar surface area (TPSA) is 59.0 Å². The molecule has 0 aliphatic carbocycles. The summed E-state index contributed by atoms with van der Waals surface area (Å²) in [7, 11) is 0. The van der Waals surface area contributed by atoms with Crippen LogP contribution in [0.3, 0.4) is 0 Å². The highest BCUT2D eigenvalue weighted by Gasteiger charge is 2.39. The minimum absolute atomic E-state index is 0.113. The highest BCUT2D eigenvalue weighted by Crippen LogP contribution is 2.37. The molecule has 0 aliphatic rings. The summed E-state index contributed by atoms with van der Waals surface area (Å²) < 4.78 is 42.3. The summed E-state index contributed by atoms with van der Waals surface area (Å²) in [4.78, 5) is 12.8. The van der Waals surface area contributed by atoms with Crippen molar-refractivity contribution >= 4 is 29.0 Å². The van der Waals surface area contributed by atoms with E-state index in [2.05, 4.69) is 15.7 Å². The number of rotatable bonds is 5. The third-order valence-corrected chi connectivity index (χ3v) is 5.22. The first kappa shape index (κ1) is 23.7. The van der Waals surface area contributed by atoms with E-state index in [-0.39, 0.29) is 17.5 Å². The lowest BCUT2D eigenvalue weighted by Gasteiger charge is -2.20. The average Bonchev–Trinajstić information content (AvgIpc) is 3.12. The van der Waals surface area contributed by atoms with Gasteiger partial charge >= 0.3 is 12.2 Å². The molecule has 5 nitrogen and oxygen atoms in total. The standard InChI is InChI=1S/C23H24ClF3N4O/c1-13(2)17-6-5-7-18(14(3)4)20(17)30-22(32)29-19-12-28-31(21(19)23(25,26)27)16-10-8-15(24)9-11-16/h5-14H,1-4H3,(H2,29,30,32). The number of nitrogens with one attached hydrogen (secondary N) is 2. The fraction of sp³-hybridized carbons (Fsp3) is 0.304. The van der Waals surface area contributed by atoms with Crippen LogP contribution in [0.25, 0.3) is 5.69 Å². The van der Waals surface area contributed by atoms with Crippen LogP contribution in [0.5, 0.6) is 0 Å². The number of benzene rings is 2. The van der Waals surface area contributed by atoms with Crippen LogP contribution in [0.4, 0.5) is 29.3 Å². The number of anilines is 2. The van der Waals surface area contributed by atoms with Crippen molar-refractivity contribution in [3.8, 4) is 5.69 Å². The van der Waals surface area contributed by atoms with Crippen molar-refractivity contribution < 1.29 is 18.0 Å². The number of hydrogen-bond donors (Lipinski definition) is 2. The fourth-order valence-corrected chi connectivity index (χ4v) is 3.58. The van der Waals surface area contributed by atoms with Crippen molar-refractivity contribution in [3.05, 3.63) is 70.5 Å². The van der Waals surface area contributed by atoms with E-state index in [0.29, 0.717) is 10.7 Å². The quantitative estimate of drug-likeness (QED) is 0.412. The molecule has 3 aromatic rings. The van der Waals surface area contributed by atoms with Gasteiger partial charge in [0, 0.05) is 10.7 Å². The lowest BCUT2D eigenvalue weighted by molar-refractivity contribution is -0.142. The summed E-state index contributed by atoms with van der Waals surface area (Å²) in [6, 6.07) is 10.7. The van der Waals surface area contributed by atoms with Gasteiger partial charge in [0.2, 0.25) is 0 Å². The van der Waals surface area contributed by atoms with Gasteiger partial charge in [0.15, 0.2) is 5.69 Å². The SMILES string of the molecule is CC(C)c1cccc(C(C)C)c1NC(=O)Nc1cnn(-c2ccc(Cl)cc2)c1C(F)(F)F. The van der Waals surface area contributed by atoms with E-state index in [0.717, 1.165) is 22.0 Å². The number of hydrogen-bond acceptors (Lipinski definition) is 2. The molecular weight excluding hydrogens is 441 g/mol. The smallest absolute Gasteiger partial charge is 0.307 e. The highest BCUT2D eigenvalue weighted by molar-refractivity contribution is 6.30. The van der Waals surface area contributed by atoms with E-state index in [1.165, 1.54) is 24.3 Å². The van der Waals surface area contributed by atoms with Crippen molar-refractivity contribution in [2.75, 3.05) is 10.6 Å². The van der Waals surface area contributed by atoms with Gasteiger partial charge in [0.05, 0.1) is 17.6 Å². The molecule has 170 valence electrons. The van der Waals surface area contributed by atoms with E-state index in [1.807, 2.05) is 45.9 Å². The van der Waals surface area contributed by atoms with Gasteiger partial charge in [0.25, 0.3) is 0 Å². The van der Waals surface area contributed by atoms with Gasteiger partial charge in [-0.05, 0) is 47.2 Å². The molecule has 1 heterocycles. The van der Waals surface area contributed by atoms with Gasteiger partial charge in [-0.1, -0.05) is 57.5 Å². The lowest BCUT2D eigenvalue weighted by Crippen LogP contribution is -2.24. The first-order valence-corrected chi connectivity index (χ1v) is 10.5. The maximum atomic E-state index is 13.9. The molecule has 0 saturated carbocycles. The third-order valence-electron chi connectivity index (χ3n) is 4.97. The zero-order chi connectivity index (χ0) is 23.6. The van der Waals surface area contributed by atoms with Crippen molar-refractivity contribution in [1.82, 2.24) is 9.78 Å². The van der Waals surface area contributed by atoms with Crippen LogP contribution in [-0.2, 0) is 6.18 Å². The van der Waals surface area contributed by atoms with Crippen LogP contribution in [-0.4, -0.2) is 15.8 Å². The minimum Gasteiger partial charge on any atom is -0.307 e. The molecule has 2 N–H and O–H groups in total. The Morgan fingerprint density at radius 2 is 1.53 bits per heavy atom. The Bertz CT molecular complexity index is 1080. The molecule has 0 radical (unpaired) electrons. The molecule has 0 bridgehead atoms. The molecule has 0 fully saturated rings. The molecule has 0 saturated heterocycles. The second-order valence-electron chi connectivity index (χ2n) is 7.99. The Hall–Kier alpha value is -3.00. The maximum absolute atomic E-state index is 13.9. The van der Waals surface area contributed by atoms with Gasteiger partial charge in [-0.3, -0.25) is 0 Å². The molecule has 1 aromatic heterocycles. The molecule has 0 aliphatic heterocycles. The fourth-order valence-electron chi connectivity index (χ4n) is 3.45. The van der Waals surface area contributed by atoms with Crippen LogP contribution < -0.4 is 10.6 Å². The van der Waals surface area contributed by atoms with Gasteiger partial charge in [0.1, 0.15) is 0 Å². The van der Waals surface area contributed by atoms with E-state index in [4.69, 9.17) is 11.6 Å². The van der Waals surface area contributed by atoms with E-state index in [1.54, 1.807) is 0 Å². The van der Waals surface area contributed by atoms with Gasteiger partial charge in [-0.25, -0.2) is 9.48 Å². The van der Waals surface area contributed by atoms with Crippen LogP contribution in [0.2, 0.25) is 5.02 Å². The van der Waals surface area contributed by atoms with Crippen LogP contribution in [0.1, 0.15) is 56.4 Å². The molecular formula is C23H24ClF3N4O. The number of halogens is 4. The predicted molar refractivity (Wildman–Crippen MR) is 121 cm³/mol. The molecule has 0 spiro atoms. The van der Waals surface area contributed by atoms with Gasteiger partial charge < -0.3 is 10.6 Å². The summed E-state index contributed by atoms with van der Waals surface area (Å²) in [6.07, 6.45) is -3.77. The van der Waals surface area contributed by atoms with Gasteiger partial charge in [-0.2, -0.15) is 18.3 Å². The summed E-state index contributed by atoms with van der Waals surface area (Å²) >= 11 is 5.83. The molecule has 9 heteroatoms. The second-order valence-corrected chi connectivity index (χ2v) is 8.43. The molecule has 0 atom stereocenters.